The molecule has 1 atom stereocenters. The van der Waals surface area contributed by atoms with Gasteiger partial charge in [0.05, 0.1) is 9.92 Å². The van der Waals surface area contributed by atoms with Crippen LogP contribution in [0.25, 0.3) is 0 Å². The summed E-state index contributed by atoms with van der Waals surface area (Å²) in [5.74, 6) is -0.902. The van der Waals surface area contributed by atoms with Crippen LogP contribution in [0.5, 0.6) is 0 Å². The molecule has 5 nitrogen and oxygen atoms in total. The van der Waals surface area contributed by atoms with Crippen molar-refractivity contribution in [1.82, 2.24) is 4.31 Å². The van der Waals surface area contributed by atoms with Gasteiger partial charge in [-0.2, -0.15) is 4.31 Å². The quantitative estimate of drug-likeness (QED) is 0.775. The standard InChI is InChI=1S/C20H22ClFN2O3S/c1-14-5-8-17(9-6-14)28(26,27)24-11-3-2-4-16(24)13-20(25)23-15-7-10-19(22)18(21)12-15/h5-10,12,16H,2-4,11,13H2,1H3,(H,23,25). The maximum absolute atomic E-state index is 13.3. The third kappa shape index (κ3) is 4.71. The summed E-state index contributed by atoms with van der Waals surface area (Å²) >= 11 is 5.74. The molecule has 1 unspecified atom stereocenters. The predicted octanol–water partition coefficient (Wildman–Crippen LogP) is 4.36. The molecule has 1 N–H and O–H groups in total. The van der Waals surface area contributed by atoms with Crippen molar-refractivity contribution in [3.8, 4) is 0 Å². The first-order valence-corrected chi connectivity index (χ1v) is 10.9. The molecular formula is C20H22ClFN2O3S. The van der Waals surface area contributed by atoms with Gasteiger partial charge in [0, 0.05) is 24.7 Å². The molecule has 2 aromatic rings. The lowest BCUT2D eigenvalue weighted by molar-refractivity contribution is -0.117. The van der Waals surface area contributed by atoms with Crippen molar-refractivity contribution in [2.24, 2.45) is 0 Å². The third-order valence-corrected chi connectivity index (χ3v) is 7.08. The molecule has 0 radical (unpaired) electrons. The van der Waals surface area contributed by atoms with Crippen LogP contribution in [0.2, 0.25) is 5.02 Å². The number of aryl methyl sites for hydroxylation is 1. The van der Waals surface area contributed by atoms with Gasteiger partial charge in [-0.1, -0.05) is 35.7 Å². The summed E-state index contributed by atoms with van der Waals surface area (Å²) in [5.41, 5.74) is 1.35. The van der Waals surface area contributed by atoms with E-state index in [4.69, 9.17) is 11.6 Å². The minimum Gasteiger partial charge on any atom is -0.326 e. The van der Waals surface area contributed by atoms with Crippen LogP contribution in [-0.4, -0.2) is 31.2 Å². The number of amides is 1. The number of carbonyl (C=O) groups excluding carboxylic acids is 1. The van der Waals surface area contributed by atoms with Crippen LogP contribution in [0.1, 0.15) is 31.2 Å². The zero-order valence-corrected chi connectivity index (χ0v) is 17.1. The van der Waals surface area contributed by atoms with Crippen molar-refractivity contribution in [3.63, 3.8) is 0 Å². The second-order valence-corrected chi connectivity index (χ2v) is 9.26. The van der Waals surface area contributed by atoms with Crippen LogP contribution < -0.4 is 5.32 Å². The summed E-state index contributed by atoms with van der Waals surface area (Å²) in [6, 6.07) is 10.2. The minimum absolute atomic E-state index is 0.0279. The highest BCUT2D eigenvalue weighted by atomic mass is 35.5. The molecule has 28 heavy (non-hydrogen) atoms. The van der Waals surface area contributed by atoms with Crippen LogP contribution in [0.4, 0.5) is 10.1 Å². The van der Waals surface area contributed by atoms with Crippen LogP contribution >= 0.6 is 11.6 Å². The Hall–Kier alpha value is -1.96. The number of benzene rings is 2. The monoisotopic (exact) mass is 424 g/mol. The van der Waals surface area contributed by atoms with Gasteiger partial charge in [-0.3, -0.25) is 4.79 Å². The minimum atomic E-state index is -3.68. The van der Waals surface area contributed by atoms with E-state index in [0.717, 1.165) is 18.4 Å². The summed E-state index contributed by atoms with van der Waals surface area (Å²) in [6.45, 7) is 2.28. The lowest BCUT2D eigenvalue weighted by Gasteiger charge is -2.34. The Morgan fingerprint density at radius 1 is 1.21 bits per heavy atom. The summed E-state index contributed by atoms with van der Waals surface area (Å²) in [4.78, 5) is 12.7. The summed E-state index contributed by atoms with van der Waals surface area (Å²) in [5, 5.41) is 2.58. The SMILES string of the molecule is Cc1ccc(S(=O)(=O)N2CCCCC2CC(=O)Nc2ccc(F)c(Cl)c2)cc1. The van der Waals surface area contributed by atoms with E-state index < -0.39 is 21.9 Å². The third-order valence-electron chi connectivity index (χ3n) is 4.83. The first kappa shape index (κ1) is 20.8. The molecular weight excluding hydrogens is 403 g/mol. The van der Waals surface area contributed by atoms with Crippen molar-refractivity contribution in [2.75, 3.05) is 11.9 Å². The van der Waals surface area contributed by atoms with Gasteiger partial charge in [0.2, 0.25) is 15.9 Å². The Morgan fingerprint density at radius 3 is 2.61 bits per heavy atom. The molecule has 8 heteroatoms. The molecule has 150 valence electrons. The predicted molar refractivity (Wildman–Crippen MR) is 107 cm³/mol. The van der Waals surface area contributed by atoms with Gasteiger partial charge in [-0.25, -0.2) is 12.8 Å². The second kappa shape index (κ2) is 8.59. The normalized spacial score (nSPS) is 18.0. The van der Waals surface area contributed by atoms with Crippen LogP contribution in [0.3, 0.4) is 0 Å². The van der Waals surface area contributed by atoms with Crippen molar-refractivity contribution in [1.29, 1.82) is 0 Å². The Kier molecular flexibility index (Phi) is 6.37. The molecule has 3 rings (SSSR count). The Balaban J connectivity index is 1.74. The summed E-state index contributed by atoms with van der Waals surface area (Å²) < 4.78 is 40.8. The number of halogens is 2. The molecule has 1 aliphatic rings. The molecule has 0 saturated carbocycles. The second-order valence-electron chi connectivity index (χ2n) is 6.96. The van der Waals surface area contributed by atoms with E-state index in [1.54, 1.807) is 24.3 Å². The maximum Gasteiger partial charge on any atom is 0.243 e. The molecule has 1 amide bonds. The number of nitrogens with one attached hydrogen (secondary N) is 1. The van der Waals surface area contributed by atoms with E-state index in [1.165, 1.54) is 22.5 Å². The zero-order chi connectivity index (χ0) is 20.3. The van der Waals surface area contributed by atoms with Crippen LogP contribution in [0.15, 0.2) is 47.4 Å². The number of hydrogen-bond acceptors (Lipinski definition) is 3. The van der Waals surface area contributed by atoms with Gasteiger partial charge in [0.15, 0.2) is 0 Å². The average Bonchev–Trinajstić information content (AvgIpc) is 2.65. The fraction of sp³-hybridized carbons (Fsp3) is 0.350. The fourth-order valence-corrected chi connectivity index (χ4v) is 5.21. The molecule has 2 aromatic carbocycles. The Labute approximate surface area is 169 Å². The highest BCUT2D eigenvalue weighted by molar-refractivity contribution is 7.89. The van der Waals surface area contributed by atoms with Gasteiger partial charge in [0.25, 0.3) is 0 Å². The number of nitrogens with zero attached hydrogens (tertiary/aromatic N) is 1. The average molecular weight is 425 g/mol. The van der Waals surface area contributed by atoms with Gasteiger partial charge in [-0.05, 0) is 50.1 Å². The van der Waals surface area contributed by atoms with E-state index >= 15 is 0 Å². The van der Waals surface area contributed by atoms with E-state index in [1.807, 2.05) is 6.92 Å². The first-order chi connectivity index (χ1) is 13.3. The molecule has 1 fully saturated rings. The molecule has 0 bridgehead atoms. The summed E-state index contributed by atoms with van der Waals surface area (Å²) in [7, 11) is -3.68. The highest BCUT2D eigenvalue weighted by Gasteiger charge is 2.34. The van der Waals surface area contributed by atoms with Gasteiger partial charge in [-0.15, -0.1) is 0 Å². The van der Waals surface area contributed by atoms with Crippen LogP contribution in [0, 0.1) is 12.7 Å². The van der Waals surface area contributed by atoms with Crippen LogP contribution in [-0.2, 0) is 14.8 Å². The van der Waals surface area contributed by atoms with Crippen molar-refractivity contribution in [2.45, 2.75) is 43.5 Å². The molecule has 1 heterocycles. The van der Waals surface area contributed by atoms with Gasteiger partial charge >= 0.3 is 0 Å². The zero-order valence-electron chi connectivity index (χ0n) is 15.5. The lowest BCUT2D eigenvalue weighted by atomic mass is 10.0. The smallest absolute Gasteiger partial charge is 0.243 e. The van der Waals surface area contributed by atoms with Crippen molar-refractivity contribution < 1.29 is 17.6 Å². The number of carbonyl (C=O) groups is 1. The molecule has 0 aliphatic carbocycles. The number of piperidine rings is 1. The van der Waals surface area contributed by atoms with E-state index in [9.17, 15) is 17.6 Å². The fourth-order valence-electron chi connectivity index (χ4n) is 3.34. The number of anilines is 1. The highest BCUT2D eigenvalue weighted by Crippen LogP contribution is 2.28. The molecule has 1 saturated heterocycles. The lowest BCUT2D eigenvalue weighted by Crippen LogP contribution is -2.45. The Bertz CT molecular complexity index is 964. The van der Waals surface area contributed by atoms with Gasteiger partial charge in [0.1, 0.15) is 5.82 Å². The Morgan fingerprint density at radius 2 is 1.93 bits per heavy atom. The van der Waals surface area contributed by atoms with E-state index in [-0.39, 0.29) is 22.2 Å². The summed E-state index contributed by atoms with van der Waals surface area (Å²) in [6.07, 6.45) is 2.26. The topological polar surface area (TPSA) is 66.5 Å². The van der Waals surface area contributed by atoms with E-state index in [0.29, 0.717) is 18.7 Å². The number of sulfonamides is 1. The maximum atomic E-state index is 13.3. The largest absolute Gasteiger partial charge is 0.326 e. The molecule has 1 aliphatic heterocycles. The molecule has 0 spiro atoms. The molecule has 0 aromatic heterocycles. The number of rotatable bonds is 5. The first-order valence-electron chi connectivity index (χ1n) is 9.11. The van der Waals surface area contributed by atoms with E-state index in [2.05, 4.69) is 5.32 Å². The van der Waals surface area contributed by atoms with Crippen molar-refractivity contribution in [3.05, 3.63) is 58.9 Å². The van der Waals surface area contributed by atoms with Crippen molar-refractivity contribution >= 4 is 33.2 Å². The number of hydrogen-bond donors (Lipinski definition) is 1. The van der Waals surface area contributed by atoms with Gasteiger partial charge < -0.3 is 5.32 Å².